The first-order valence-electron chi connectivity index (χ1n) is 10.9. The van der Waals surface area contributed by atoms with Crippen LogP contribution in [0.2, 0.25) is 10.0 Å². The summed E-state index contributed by atoms with van der Waals surface area (Å²) in [6, 6.07) is 15.0. The number of ketones is 1. The van der Waals surface area contributed by atoms with Crippen molar-refractivity contribution in [3.63, 3.8) is 0 Å². The Labute approximate surface area is 231 Å². The zero-order valence-corrected chi connectivity index (χ0v) is 22.0. The second kappa shape index (κ2) is 11.7. The zero-order chi connectivity index (χ0) is 27.4. The van der Waals surface area contributed by atoms with Crippen LogP contribution in [0.15, 0.2) is 65.6 Å². The number of non-ortho nitro benzene ring substituents is 1. The fourth-order valence-electron chi connectivity index (χ4n) is 3.48. The highest BCUT2D eigenvalue weighted by molar-refractivity contribution is 8.18. The van der Waals surface area contributed by atoms with Crippen molar-refractivity contribution >= 4 is 63.7 Å². The Kier molecular flexibility index (Phi) is 8.35. The number of imide groups is 1. The maximum absolute atomic E-state index is 12.9. The molecule has 194 valence electrons. The van der Waals surface area contributed by atoms with Gasteiger partial charge in [0.1, 0.15) is 6.61 Å². The molecule has 0 aromatic heterocycles. The number of hydrogen-bond acceptors (Lipinski definition) is 8. The maximum atomic E-state index is 12.9. The van der Waals surface area contributed by atoms with E-state index in [1.54, 1.807) is 36.4 Å². The minimum atomic E-state index is -0.619. The Hall–Kier alpha value is -3.86. The van der Waals surface area contributed by atoms with Crippen LogP contribution in [0.25, 0.3) is 6.08 Å². The molecule has 12 heteroatoms. The minimum Gasteiger partial charge on any atom is -0.493 e. The van der Waals surface area contributed by atoms with Crippen LogP contribution in [0.5, 0.6) is 11.5 Å². The highest BCUT2D eigenvalue weighted by Crippen LogP contribution is 2.35. The monoisotopic (exact) mass is 572 g/mol. The van der Waals surface area contributed by atoms with Crippen molar-refractivity contribution in [3.05, 3.63) is 102 Å². The van der Waals surface area contributed by atoms with E-state index >= 15 is 0 Å². The molecule has 0 atom stereocenters. The zero-order valence-electron chi connectivity index (χ0n) is 19.7. The number of hydrogen-bond donors (Lipinski definition) is 0. The number of methoxy groups -OCH3 is 1. The molecule has 0 N–H and O–H groups in total. The Morgan fingerprint density at radius 2 is 1.79 bits per heavy atom. The molecule has 1 aliphatic rings. The number of rotatable bonds is 9. The lowest BCUT2D eigenvalue weighted by atomic mass is 10.1. The van der Waals surface area contributed by atoms with E-state index < -0.39 is 28.4 Å². The van der Waals surface area contributed by atoms with Crippen LogP contribution >= 0.6 is 35.0 Å². The Morgan fingerprint density at radius 1 is 1.05 bits per heavy atom. The lowest BCUT2D eigenvalue weighted by Gasteiger charge is -2.13. The number of halogens is 2. The summed E-state index contributed by atoms with van der Waals surface area (Å²) in [6.07, 6.45) is 1.52. The molecule has 0 bridgehead atoms. The van der Waals surface area contributed by atoms with E-state index in [9.17, 15) is 24.5 Å². The number of ether oxygens (including phenoxy) is 2. The van der Waals surface area contributed by atoms with E-state index in [4.69, 9.17) is 32.7 Å². The van der Waals surface area contributed by atoms with Gasteiger partial charge in [-0.3, -0.25) is 29.4 Å². The van der Waals surface area contributed by atoms with Crippen molar-refractivity contribution in [1.29, 1.82) is 0 Å². The highest BCUT2D eigenvalue weighted by atomic mass is 35.5. The Morgan fingerprint density at radius 3 is 2.45 bits per heavy atom. The van der Waals surface area contributed by atoms with Crippen molar-refractivity contribution in [2.24, 2.45) is 0 Å². The number of carbonyl (C=O) groups excluding carboxylic acids is 3. The summed E-state index contributed by atoms with van der Waals surface area (Å²) in [6.45, 7) is -0.309. The second-order valence-electron chi connectivity index (χ2n) is 7.93. The molecule has 4 rings (SSSR count). The molecule has 0 aliphatic carbocycles. The van der Waals surface area contributed by atoms with E-state index in [1.807, 2.05) is 0 Å². The molecule has 0 spiro atoms. The van der Waals surface area contributed by atoms with Gasteiger partial charge >= 0.3 is 0 Å². The second-order valence-corrected chi connectivity index (χ2v) is 9.77. The number of thioether (sulfide) groups is 1. The van der Waals surface area contributed by atoms with Gasteiger partial charge in [0.25, 0.3) is 16.8 Å². The number of nitro benzene ring substituents is 1. The summed E-state index contributed by atoms with van der Waals surface area (Å²) in [5.41, 5.74) is 1.29. The minimum absolute atomic E-state index is 0.134. The number of Topliss-reactive ketones (excluding diaryl/α,β-unsaturated/α-hetero) is 1. The first kappa shape index (κ1) is 27.2. The van der Waals surface area contributed by atoms with Crippen LogP contribution in [0.3, 0.4) is 0 Å². The van der Waals surface area contributed by atoms with Crippen molar-refractivity contribution in [1.82, 2.24) is 4.90 Å². The number of carbonyl (C=O) groups is 3. The standard InChI is InChI=1S/C26H18Cl2N2O7S/c1-36-23-10-15(2-9-22(23)37-14-17-3-6-18(27)12-20(17)28)11-24-25(32)29(26(33)38-24)13-21(31)16-4-7-19(8-5-16)30(34)35/h2-12H,13-14H2,1H3/b24-11+. The fourth-order valence-corrected chi connectivity index (χ4v) is 4.78. The predicted octanol–water partition coefficient (Wildman–Crippen LogP) is 6.41. The van der Waals surface area contributed by atoms with Gasteiger partial charge < -0.3 is 9.47 Å². The van der Waals surface area contributed by atoms with E-state index in [1.165, 1.54) is 37.5 Å². The normalized spacial score (nSPS) is 14.2. The average molecular weight is 573 g/mol. The van der Waals surface area contributed by atoms with Gasteiger partial charge in [-0.05, 0) is 59.8 Å². The summed E-state index contributed by atoms with van der Waals surface area (Å²) in [4.78, 5) is 49.1. The number of amides is 2. The van der Waals surface area contributed by atoms with E-state index in [2.05, 4.69) is 0 Å². The van der Waals surface area contributed by atoms with E-state index in [-0.39, 0.29) is 22.8 Å². The van der Waals surface area contributed by atoms with Crippen LogP contribution in [0.4, 0.5) is 10.5 Å². The van der Waals surface area contributed by atoms with Crippen molar-refractivity contribution in [2.75, 3.05) is 13.7 Å². The van der Waals surface area contributed by atoms with Gasteiger partial charge in [0.15, 0.2) is 17.3 Å². The molecule has 0 radical (unpaired) electrons. The van der Waals surface area contributed by atoms with E-state index in [0.717, 1.165) is 10.5 Å². The van der Waals surface area contributed by atoms with Gasteiger partial charge in [0.2, 0.25) is 0 Å². The number of nitrogens with zero attached hydrogens (tertiary/aromatic N) is 2. The smallest absolute Gasteiger partial charge is 0.293 e. The largest absolute Gasteiger partial charge is 0.493 e. The van der Waals surface area contributed by atoms with Gasteiger partial charge in [-0.15, -0.1) is 0 Å². The lowest BCUT2D eigenvalue weighted by molar-refractivity contribution is -0.384. The summed E-state index contributed by atoms with van der Waals surface area (Å²) in [5.74, 6) is -0.298. The van der Waals surface area contributed by atoms with E-state index in [0.29, 0.717) is 38.9 Å². The van der Waals surface area contributed by atoms with Crippen LogP contribution in [-0.2, 0) is 11.4 Å². The molecule has 1 aliphatic heterocycles. The third kappa shape index (κ3) is 6.16. The van der Waals surface area contributed by atoms with Gasteiger partial charge in [-0.1, -0.05) is 35.3 Å². The molecule has 3 aromatic carbocycles. The average Bonchev–Trinajstić information content (AvgIpc) is 3.15. The van der Waals surface area contributed by atoms with Crippen molar-refractivity contribution < 1.29 is 28.8 Å². The molecule has 2 amide bonds. The quantitative estimate of drug-likeness (QED) is 0.125. The summed E-state index contributed by atoms with van der Waals surface area (Å²) in [7, 11) is 1.47. The maximum Gasteiger partial charge on any atom is 0.293 e. The third-order valence-electron chi connectivity index (χ3n) is 5.46. The Balaban J connectivity index is 1.45. The topological polar surface area (TPSA) is 116 Å². The third-order valence-corrected chi connectivity index (χ3v) is 6.95. The predicted molar refractivity (Wildman–Crippen MR) is 144 cm³/mol. The molecule has 1 heterocycles. The summed E-state index contributed by atoms with van der Waals surface area (Å²) in [5, 5.41) is 11.2. The van der Waals surface area contributed by atoms with Crippen molar-refractivity contribution in [3.8, 4) is 11.5 Å². The van der Waals surface area contributed by atoms with Gasteiger partial charge in [0.05, 0.1) is 23.5 Å². The molecule has 0 saturated carbocycles. The molecule has 1 saturated heterocycles. The fraction of sp³-hybridized carbons (Fsp3) is 0.115. The lowest BCUT2D eigenvalue weighted by Crippen LogP contribution is -2.33. The molecular formula is C26H18Cl2N2O7S. The van der Waals surface area contributed by atoms with Crippen LogP contribution in [0.1, 0.15) is 21.5 Å². The van der Waals surface area contributed by atoms with Gasteiger partial charge in [0, 0.05) is 33.3 Å². The SMILES string of the molecule is COc1cc(/C=C2/SC(=O)N(CC(=O)c3ccc([N+](=O)[O-])cc3)C2=O)ccc1OCc1ccc(Cl)cc1Cl. The summed E-state index contributed by atoms with van der Waals surface area (Å²) < 4.78 is 11.3. The molecule has 9 nitrogen and oxygen atoms in total. The molecular weight excluding hydrogens is 555 g/mol. The summed E-state index contributed by atoms with van der Waals surface area (Å²) >= 11 is 12.8. The van der Waals surface area contributed by atoms with Gasteiger partial charge in [-0.25, -0.2) is 0 Å². The Bertz CT molecular complexity index is 1470. The number of benzene rings is 3. The van der Waals surface area contributed by atoms with Crippen molar-refractivity contribution in [2.45, 2.75) is 6.61 Å². The molecule has 1 fully saturated rings. The van der Waals surface area contributed by atoms with Crippen LogP contribution in [-0.4, -0.2) is 40.4 Å². The first-order valence-corrected chi connectivity index (χ1v) is 12.5. The number of nitro groups is 1. The van der Waals surface area contributed by atoms with Gasteiger partial charge in [-0.2, -0.15) is 0 Å². The molecule has 0 unspecified atom stereocenters. The molecule has 38 heavy (non-hydrogen) atoms. The molecule has 3 aromatic rings. The first-order chi connectivity index (χ1) is 18.2. The van der Waals surface area contributed by atoms with Crippen LogP contribution < -0.4 is 9.47 Å². The highest BCUT2D eigenvalue weighted by Gasteiger charge is 2.36. The van der Waals surface area contributed by atoms with Crippen LogP contribution in [0, 0.1) is 10.1 Å².